The molecule has 1 rings (SSSR count). The summed E-state index contributed by atoms with van der Waals surface area (Å²) in [5.74, 6) is 0. The first-order chi connectivity index (χ1) is 5.79. The maximum Gasteiger partial charge on any atom is 0.419 e. The number of carbonyl (C=O) groups is 1. The van der Waals surface area contributed by atoms with Crippen molar-refractivity contribution in [3.63, 3.8) is 0 Å². The molecule has 0 bridgehead atoms. The minimum atomic E-state index is -1.08. The fourth-order valence-electron chi connectivity index (χ4n) is 0.818. The smallest absolute Gasteiger partial charge is 0.419 e. The zero-order valence-electron chi connectivity index (χ0n) is 6.45. The summed E-state index contributed by atoms with van der Waals surface area (Å²) in [5.41, 5.74) is 5.65. The lowest BCUT2D eigenvalue weighted by Gasteiger charge is -2.02. The predicted molar refractivity (Wildman–Crippen MR) is 44.4 cm³/mol. The number of nitrogens with one attached hydrogen (secondary N) is 2. The van der Waals surface area contributed by atoms with Crippen LogP contribution in [0.2, 0.25) is 0 Å². The third-order valence-electron chi connectivity index (χ3n) is 1.33. The van der Waals surface area contributed by atoms with Crippen LogP contribution in [0, 0.1) is 0 Å². The van der Waals surface area contributed by atoms with Gasteiger partial charge in [-0.15, -0.1) is 0 Å². The lowest BCUT2D eigenvalue weighted by Crippen LogP contribution is -2.35. The zero-order valence-corrected chi connectivity index (χ0v) is 6.45. The van der Waals surface area contributed by atoms with Crippen molar-refractivity contribution in [3.8, 4) is 0 Å². The number of benzene rings is 1. The third kappa shape index (κ3) is 3.03. The van der Waals surface area contributed by atoms with Crippen molar-refractivity contribution in [2.24, 2.45) is 0 Å². The van der Waals surface area contributed by atoms with E-state index in [2.05, 4.69) is 10.9 Å². The van der Waals surface area contributed by atoms with E-state index in [0.717, 1.165) is 5.56 Å². The maximum atomic E-state index is 10.0. The van der Waals surface area contributed by atoms with E-state index in [0.29, 0.717) is 6.54 Å². The van der Waals surface area contributed by atoms with Gasteiger partial charge in [0.15, 0.2) is 0 Å². The van der Waals surface area contributed by atoms with Crippen LogP contribution in [0.25, 0.3) is 0 Å². The van der Waals surface area contributed by atoms with Crippen molar-refractivity contribution in [3.05, 3.63) is 35.9 Å². The normalized spacial score (nSPS) is 9.33. The van der Waals surface area contributed by atoms with Crippen molar-refractivity contribution in [1.29, 1.82) is 0 Å². The predicted octanol–water partition coefficient (Wildman–Crippen LogP) is 0.959. The molecular formula is C8H10N2O2. The summed E-state index contributed by atoms with van der Waals surface area (Å²) < 4.78 is 0. The zero-order chi connectivity index (χ0) is 8.81. The highest BCUT2D eigenvalue weighted by molar-refractivity contribution is 5.63. The van der Waals surface area contributed by atoms with E-state index >= 15 is 0 Å². The molecule has 0 heterocycles. The summed E-state index contributed by atoms with van der Waals surface area (Å²) in [6, 6.07) is 9.54. The van der Waals surface area contributed by atoms with Crippen LogP contribution in [0.4, 0.5) is 4.79 Å². The number of rotatable bonds is 3. The van der Waals surface area contributed by atoms with Crippen molar-refractivity contribution >= 4 is 6.09 Å². The average Bonchev–Trinajstić information content (AvgIpc) is 2.05. The molecule has 0 atom stereocenters. The van der Waals surface area contributed by atoms with Crippen LogP contribution in [-0.2, 0) is 6.54 Å². The van der Waals surface area contributed by atoms with E-state index in [1.165, 1.54) is 0 Å². The number of amides is 1. The van der Waals surface area contributed by atoms with Crippen LogP contribution in [0.1, 0.15) is 5.56 Å². The van der Waals surface area contributed by atoms with Gasteiger partial charge in [0.1, 0.15) is 0 Å². The van der Waals surface area contributed by atoms with Crippen LogP contribution < -0.4 is 10.9 Å². The van der Waals surface area contributed by atoms with Gasteiger partial charge in [-0.05, 0) is 5.56 Å². The average molecular weight is 166 g/mol. The largest absolute Gasteiger partial charge is 0.464 e. The lowest BCUT2D eigenvalue weighted by molar-refractivity contribution is 0.189. The second-order valence-electron chi connectivity index (χ2n) is 2.27. The molecule has 0 fully saturated rings. The Morgan fingerprint density at radius 3 is 2.58 bits per heavy atom. The SMILES string of the molecule is O=C(O)NNCc1ccccc1. The van der Waals surface area contributed by atoms with Crippen molar-refractivity contribution in [2.75, 3.05) is 0 Å². The first-order valence-corrected chi connectivity index (χ1v) is 3.55. The van der Waals surface area contributed by atoms with Gasteiger partial charge in [-0.1, -0.05) is 30.3 Å². The quantitative estimate of drug-likeness (QED) is 0.586. The third-order valence-corrected chi connectivity index (χ3v) is 1.33. The molecule has 0 saturated carbocycles. The topological polar surface area (TPSA) is 61.4 Å². The Kier molecular flexibility index (Phi) is 3.10. The van der Waals surface area contributed by atoms with Crippen LogP contribution in [-0.4, -0.2) is 11.2 Å². The van der Waals surface area contributed by atoms with E-state index in [1.54, 1.807) is 0 Å². The molecule has 0 unspecified atom stereocenters. The molecule has 0 aliphatic carbocycles. The lowest BCUT2D eigenvalue weighted by atomic mass is 10.2. The second kappa shape index (κ2) is 4.35. The highest BCUT2D eigenvalue weighted by Crippen LogP contribution is 1.95. The molecule has 0 aliphatic heterocycles. The van der Waals surface area contributed by atoms with Crippen LogP contribution in [0.3, 0.4) is 0 Å². The van der Waals surface area contributed by atoms with Crippen LogP contribution in [0.5, 0.6) is 0 Å². The molecule has 1 aromatic rings. The minimum Gasteiger partial charge on any atom is -0.464 e. The summed E-state index contributed by atoms with van der Waals surface area (Å²) >= 11 is 0. The summed E-state index contributed by atoms with van der Waals surface area (Å²) in [5, 5.41) is 8.22. The Balaban J connectivity index is 2.29. The van der Waals surface area contributed by atoms with E-state index in [9.17, 15) is 4.79 Å². The molecule has 4 heteroatoms. The van der Waals surface area contributed by atoms with Gasteiger partial charge < -0.3 is 5.11 Å². The molecule has 0 spiro atoms. The summed E-state index contributed by atoms with van der Waals surface area (Å²) in [4.78, 5) is 10.0. The molecule has 4 nitrogen and oxygen atoms in total. The molecule has 0 saturated heterocycles. The van der Waals surface area contributed by atoms with Crippen molar-refractivity contribution in [2.45, 2.75) is 6.54 Å². The standard InChI is InChI=1S/C8H10N2O2/c11-8(12)10-9-6-7-4-2-1-3-5-7/h1-5,9-10H,6H2,(H,11,12). The Labute approximate surface area is 70.2 Å². The van der Waals surface area contributed by atoms with Gasteiger partial charge >= 0.3 is 6.09 Å². The summed E-state index contributed by atoms with van der Waals surface area (Å²) in [6.07, 6.45) is -1.08. The van der Waals surface area contributed by atoms with Crippen molar-refractivity contribution < 1.29 is 9.90 Å². The Bertz CT molecular complexity index is 248. The minimum absolute atomic E-state index is 0.493. The number of hydrazine groups is 1. The second-order valence-corrected chi connectivity index (χ2v) is 2.27. The van der Waals surface area contributed by atoms with Gasteiger partial charge in [-0.3, -0.25) is 5.43 Å². The number of carboxylic acid groups (broad SMARTS) is 1. The highest BCUT2D eigenvalue weighted by Gasteiger charge is 1.92. The highest BCUT2D eigenvalue weighted by atomic mass is 16.4. The first-order valence-electron chi connectivity index (χ1n) is 3.55. The van der Waals surface area contributed by atoms with Gasteiger partial charge in [0.25, 0.3) is 0 Å². The molecule has 0 aliphatic rings. The Hall–Kier alpha value is -1.55. The van der Waals surface area contributed by atoms with Gasteiger partial charge in [-0.2, -0.15) is 0 Å². The number of hydrogen-bond acceptors (Lipinski definition) is 2. The molecule has 0 radical (unpaired) electrons. The monoisotopic (exact) mass is 166 g/mol. The van der Waals surface area contributed by atoms with Gasteiger partial charge in [-0.25, -0.2) is 10.2 Å². The van der Waals surface area contributed by atoms with E-state index in [-0.39, 0.29) is 0 Å². The van der Waals surface area contributed by atoms with Crippen LogP contribution in [0.15, 0.2) is 30.3 Å². The van der Waals surface area contributed by atoms with E-state index in [4.69, 9.17) is 5.11 Å². The molecular weight excluding hydrogens is 156 g/mol. The van der Waals surface area contributed by atoms with Gasteiger partial charge in [0.2, 0.25) is 0 Å². The van der Waals surface area contributed by atoms with Gasteiger partial charge in [0.05, 0.1) is 0 Å². The summed E-state index contributed by atoms with van der Waals surface area (Å²) in [7, 11) is 0. The Morgan fingerprint density at radius 1 is 1.33 bits per heavy atom. The summed E-state index contributed by atoms with van der Waals surface area (Å²) in [6.45, 7) is 0.493. The Morgan fingerprint density at radius 2 is 2.00 bits per heavy atom. The van der Waals surface area contributed by atoms with Gasteiger partial charge in [0, 0.05) is 6.54 Å². The number of hydrogen-bond donors (Lipinski definition) is 3. The molecule has 3 N–H and O–H groups in total. The van der Waals surface area contributed by atoms with Crippen LogP contribution >= 0.6 is 0 Å². The fourth-order valence-corrected chi connectivity index (χ4v) is 0.818. The van der Waals surface area contributed by atoms with E-state index in [1.807, 2.05) is 30.3 Å². The van der Waals surface area contributed by atoms with Crippen molar-refractivity contribution in [1.82, 2.24) is 10.9 Å². The molecule has 1 aromatic carbocycles. The molecule has 1 amide bonds. The fraction of sp³-hybridized carbons (Fsp3) is 0.125. The molecule has 0 aromatic heterocycles. The van der Waals surface area contributed by atoms with E-state index < -0.39 is 6.09 Å². The molecule has 12 heavy (non-hydrogen) atoms. The first kappa shape index (κ1) is 8.55. The molecule has 64 valence electrons. The maximum absolute atomic E-state index is 10.0.